The summed E-state index contributed by atoms with van der Waals surface area (Å²) < 4.78 is 5.54. The van der Waals surface area contributed by atoms with Gasteiger partial charge in [-0.1, -0.05) is 0 Å². The van der Waals surface area contributed by atoms with E-state index in [9.17, 15) is 24.6 Å². The number of phenolic OH excluding ortho intramolecular Hbond substituents is 2. The molecule has 1 aromatic rings. The zero-order valence-electron chi connectivity index (χ0n) is 12.3. The molecule has 0 radical (unpaired) electrons. The molecular formula is C16H14O6. The summed E-state index contributed by atoms with van der Waals surface area (Å²) in [6.07, 6.45) is 0.911. The van der Waals surface area contributed by atoms with Crippen LogP contribution in [0.1, 0.15) is 41.8 Å². The molecule has 1 atom stereocenters. The summed E-state index contributed by atoms with van der Waals surface area (Å²) >= 11 is 0. The Labute approximate surface area is 126 Å². The van der Waals surface area contributed by atoms with Gasteiger partial charge in [-0.05, 0) is 20.8 Å². The van der Waals surface area contributed by atoms with Gasteiger partial charge in [-0.3, -0.25) is 14.4 Å². The van der Waals surface area contributed by atoms with Gasteiger partial charge in [-0.15, -0.1) is 0 Å². The molecule has 6 heteroatoms. The summed E-state index contributed by atoms with van der Waals surface area (Å²) in [5, 5.41) is 20.5. The second kappa shape index (κ2) is 4.19. The Morgan fingerprint density at radius 2 is 1.91 bits per heavy atom. The molecule has 0 fully saturated rings. The molecule has 1 aliphatic carbocycles. The Kier molecular flexibility index (Phi) is 2.73. The molecule has 0 amide bonds. The van der Waals surface area contributed by atoms with Gasteiger partial charge in [0.2, 0.25) is 0 Å². The lowest BCUT2D eigenvalue weighted by Gasteiger charge is -2.26. The zero-order valence-corrected chi connectivity index (χ0v) is 12.3. The Morgan fingerprint density at radius 3 is 2.50 bits per heavy atom. The van der Waals surface area contributed by atoms with Gasteiger partial charge in [-0.25, -0.2) is 0 Å². The third-order valence-corrected chi connectivity index (χ3v) is 4.38. The minimum absolute atomic E-state index is 0.0510. The number of rotatable bonds is 1. The number of allylic oxidation sites excluding steroid dienone is 2. The van der Waals surface area contributed by atoms with Crippen molar-refractivity contribution in [3.05, 3.63) is 28.5 Å². The van der Waals surface area contributed by atoms with Crippen LogP contribution in [-0.2, 0) is 15.0 Å². The van der Waals surface area contributed by atoms with Crippen LogP contribution in [0, 0.1) is 6.92 Å². The molecule has 0 bridgehead atoms. The fraction of sp³-hybridized carbons (Fsp3) is 0.312. The average molecular weight is 302 g/mol. The predicted octanol–water partition coefficient (Wildman–Crippen LogP) is 1.68. The molecule has 0 saturated heterocycles. The van der Waals surface area contributed by atoms with E-state index in [1.165, 1.54) is 19.9 Å². The summed E-state index contributed by atoms with van der Waals surface area (Å²) in [4.78, 5) is 35.8. The van der Waals surface area contributed by atoms with Gasteiger partial charge in [0.1, 0.15) is 34.0 Å². The van der Waals surface area contributed by atoms with Crippen LogP contribution < -0.4 is 4.74 Å². The summed E-state index contributed by atoms with van der Waals surface area (Å²) in [5.74, 6) is -1.93. The van der Waals surface area contributed by atoms with Crippen molar-refractivity contribution in [3.63, 3.8) is 0 Å². The van der Waals surface area contributed by atoms with Crippen molar-refractivity contribution in [2.24, 2.45) is 0 Å². The van der Waals surface area contributed by atoms with E-state index < -0.39 is 22.8 Å². The van der Waals surface area contributed by atoms with Gasteiger partial charge in [0.25, 0.3) is 0 Å². The first-order valence-corrected chi connectivity index (χ1v) is 6.75. The van der Waals surface area contributed by atoms with Crippen LogP contribution in [-0.4, -0.2) is 27.6 Å². The fourth-order valence-electron chi connectivity index (χ4n) is 3.04. The second-order valence-electron chi connectivity index (χ2n) is 5.76. The molecule has 1 unspecified atom stereocenters. The minimum atomic E-state index is -1.32. The molecule has 1 aliphatic heterocycles. The van der Waals surface area contributed by atoms with E-state index in [4.69, 9.17) is 4.74 Å². The van der Waals surface area contributed by atoms with E-state index in [-0.39, 0.29) is 46.1 Å². The second-order valence-corrected chi connectivity index (χ2v) is 5.76. The topological polar surface area (TPSA) is 101 Å². The van der Waals surface area contributed by atoms with Crippen molar-refractivity contribution < 1.29 is 29.3 Å². The first-order chi connectivity index (χ1) is 10.2. The highest BCUT2D eigenvalue weighted by Gasteiger charge is 2.54. The number of ketones is 3. The lowest BCUT2D eigenvalue weighted by atomic mass is 9.72. The predicted molar refractivity (Wildman–Crippen MR) is 75.2 cm³/mol. The molecular weight excluding hydrogens is 288 g/mol. The molecule has 3 rings (SSSR count). The standard InChI is InChI=1S/C16H14O6/c1-6-13(20)11(7(2)17)15-12(14(6)21)16(3)9(19)4-8(18)5-10(16)22-15/h5,20-21H,4H2,1-3H3. The van der Waals surface area contributed by atoms with E-state index in [0.717, 1.165) is 0 Å². The third-order valence-electron chi connectivity index (χ3n) is 4.38. The van der Waals surface area contributed by atoms with E-state index in [0.29, 0.717) is 0 Å². The Bertz CT molecular complexity index is 802. The Balaban J connectivity index is 2.44. The molecule has 1 heterocycles. The molecule has 6 nitrogen and oxygen atoms in total. The molecule has 0 spiro atoms. The first kappa shape index (κ1) is 14.3. The van der Waals surface area contributed by atoms with Crippen molar-refractivity contribution in [1.82, 2.24) is 0 Å². The largest absolute Gasteiger partial charge is 0.507 e. The van der Waals surface area contributed by atoms with Gasteiger partial charge in [0.15, 0.2) is 17.3 Å². The molecule has 22 heavy (non-hydrogen) atoms. The van der Waals surface area contributed by atoms with Gasteiger partial charge < -0.3 is 14.9 Å². The molecule has 2 aliphatic rings. The smallest absolute Gasteiger partial charge is 0.167 e. The van der Waals surface area contributed by atoms with E-state index in [1.807, 2.05) is 0 Å². The minimum Gasteiger partial charge on any atom is -0.507 e. The van der Waals surface area contributed by atoms with Gasteiger partial charge in [-0.2, -0.15) is 0 Å². The Hall–Kier alpha value is -2.63. The SMILES string of the molecule is CC(=O)c1c(O)c(C)c(O)c2c1OC1=CC(=O)CC(=O)C12C. The number of ether oxygens (including phenoxy) is 1. The number of aromatic hydroxyl groups is 2. The summed E-state index contributed by atoms with van der Waals surface area (Å²) in [6, 6.07) is 0. The van der Waals surface area contributed by atoms with Crippen molar-refractivity contribution >= 4 is 17.3 Å². The molecule has 2 N–H and O–H groups in total. The van der Waals surface area contributed by atoms with Crippen LogP contribution in [0.15, 0.2) is 11.8 Å². The quantitative estimate of drug-likeness (QED) is 0.604. The zero-order chi connectivity index (χ0) is 16.4. The Morgan fingerprint density at radius 1 is 1.27 bits per heavy atom. The van der Waals surface area contributed by atoms with Gasteiger partial charge in [0, 0.05) is 11.6 Å². The van der Waals surface area contributed by atoms with Crippen LogP contribution in [0.5, 0.6) is 17.2 Å². The number of Topliss-reactive ketones (excluding diaryl/α,β-unsaturated/α-hetero) is 2. The summed E-state index contributed by atoms with van der Waals surface area (Å²) in [6.45, 7) is 4.24. The van der Waals surface area contributed by atoms with Crippen molar-refractivity contribution in [1.29, 1.82) is 0 Å². The van der Waals surface area contributed by atoms with E-state index in [1.54, 1.807) is 6.92 Å². The van der Waals surface area contributed by atoms with E-state index in [2.05, 4.69) is 0 Å². The maximum atomic E-state index is 12.4. The number of carbonyl (C=O) groups is 3. The lowest BCUT2D eigenvalue weighted by molar-refractivity contribution is -0.129. The van der Waals surface area contributed by atoms with Crippen LogP contribution in [0.25, 0.3) is 0 Å². The van der Waals surface area contributed by atoms with E-state index >= 15 is 0 Å². The summed E-state index contributed by atoms with van der Waals surface area (Å²) in [7, 11) is 0. The third kappa shape index (κ3) is 1.52. The number of benzene rings is 1. The molecule has 114 valence electrons. The van der Waals surface area contributed by atoms with Crippen molar-refractivity contribution in [3.8, 4) is 17.2 Å². The highest BCUT2D eigenvalue weighted by atomic mass is 16.5. The monoisotopic (exact) mass is 302 g/mol. The number of hydrogen-bond donors (Lipinski definition) is 2. The van der Waals surface area contributed by atoms with Crippen molar-refractivity contribution in [2.45, 2.75) is 32.6 Å². The van der Waals surface area contributed by atoms with Crippen LogP contribution in [0.4, 0.5) is 0 Å². The van der Waals surface area contributed by atoms with Crippen molar-refractivity contribution in [2.75, 3.05) is 0 Å². The lowest BCUT2D eigenvalue weighted by Crippen LogP contribution is -2.37. The van der Waals surface area contributed by atoms with Gasteiger partial charge in [0.05, 0.1) is 12.0 Å². The fourth-order valence-corrected chi connectivity index (χ4v) is 3.04. The number of carbonyl (C=O) groups excluding carboxylic acids is 3. The van der Waals surface area contributed by atoms with Gasteiger partial charge >= 0.3 is 0 Å². The first-order valence-electron chi connectivity index (χ1n) is 6.75. The normalized spacial score (nSPS) is 22.8. The van der Waals surface area contributed by atoms with Crippen LogP contribution in [0.3, 0.4) is 0 Å². The van der Waals surface area contributed by atoms with Crippen LogP contribution >= 0.6 is 0 Å². The number of hydrogen-bond acceptors (Lipinski definition) is 6. The maximum absolute atomic E-state index is 12.4. The highest BCUT2D eigenvalue weighted by Crippen LogP contribution is 2.56. The maximum Gasteiger partial charge on any atom is 0.167 e. The number of phenols is 2. The average Bonchev–Trinajstić information content (AvgIpc) is 2.70. The number of fused-ring (bicyclic) bond motifs is 3. The molecule has 1 aromatic carbocycles. The molecule has 0 aromatic heterocycles. The van der Waals surface area contributed by atoms with Crippen LogP contribution in [0.2, 0.25) is 0 Å². The highest BCUT2D eigenvalue weighted by molar-refractivity contribution is 6.15. The summed E-state index contributed by atoms with van der Waals surface area (Å²) in [5.41, 5.74) is -1.19. The molecule has 0 saturated carbocycles.